The topological polar surface area (TPSA) is 24.4 Å². The average Bonchev–Trinajstić information content (AvgIpc) is 2.67. The molecule has 1 aromatic carbocycles. The molecular weight excluding hydrogens is 327 g/mol. The zero-order valence-corrected chi connectivity index (χ0v) is 13.7. The fourth-order valence-electron chi connectivity index (χ4n) is 1.98. The summed E-state index contributed by atoms with van der Waals surface area (Å²) in [5, 5.41) is 4.37. The smallest absolute Gasteiger partial charge is 0.161 e. The van der Waals surface area contributed by atoms with Crippen LogP contribution in [0, 0.1) is 11.2 Å². The molecule has 0 aromatic heterocycles. The van der Waals surface area contributed by atoms with Crippen LogP contribution in [0.3, 0.4) is 0 Å². The molecule has 1 aliphatic rings. The van der Waals surface area contributed by atoms with E-state index in [4.69, 9.17) is 0 Å². The van der Waals surface area contributed by atoms with E-state index in [1.54, 1.807) is 17.8 Å². The van der Waals surface area contributed by atoms with Crippen LogP contribution in [0.25, 0.3) is 0 Å². The molecule has 1 atom stereocenters. The Kier molecular flexibility index (Phi) is 4.56. The van der Waals surface area contributed by atoms with E-state index in [2.05, 4.69) is 47.0 Å². The van der Waals surface area contributed by atoms with Crippen LogP contribution in [0.15, 0.2) is 27.7 Å². The summed E-state index contributed by atoms with van der Waals surface area (Å²) < 4.78 is 14.5. The molecule has 1 heterocycles. The summed E-state index contributed by atoms with van der Waals surface area (Å²) in [6, 6.07) is 4.99. The number of hydrogen-bond acceptors (Lipinski definition) is 3. The molecule has 1 unspecified atom stereocenters. The lowest BCUT2D eigenvalue weighted by Crippen LogP contribution is -2.16. The molecule has 2 rings (SSSR count). The van der Waals surface area contributed by atoms with Gasteiger partial charge in [0.25, 0.3) is 0 Å². The molecule has 1 N–H and O–H groups in total. The number of rotatable bonds is 2. The zero-order chi connectivity index (χ0) is 14.0. The van der Waals surface area contributed by atoms with Crippen LogP contribution < -0.4 is 5.32 Å². The molecule has 5 heteroatoms. The summed E-state index contributed by atoms with van der Waals surface area (Å²) in [6.07, 6.45) is 1.11. The fourth-order valence-corrected chi connectivity index (χ4v) is 3.68. The van der Waals surface area contributed by atoms with Crippen LogP contribution in [-0.4, -0.2) is 17.0 Å². The second-order valence-electron chi connectivity index (χ2n) is 5.90. The molecule has 104 valence electrons. The maximum Gasteiger partial charge on any atom is 0.161 e. The van der Waals surface area contributed by atoms with Crippen molar-refractivity contribution in [3.8, 4) is 0 Å². The Morgan fingerprint density at radius 1 is 1.47 bits per heavy atom. The fraction of sp³-hybridized carbons (Fsp3) is 0.500. The average molecular weight is 345 g/mol. The Morgan fingerprint density at radius 3 is 2.84 bits per heavy atom. The number of nitrogens with one attached hydrogen (secondary N) is 1. The molecule has 2 nitrogen and oxygen atoms in total. The molecule has 19 heavy (non-hydrogen) atoms. The molecule has 1 aromatic rings. The van der Waals surface area contributed by atoms with Crippen molar-refractivity contribution in [3.05, 3.63) is 28.5 Å². The molecule has 0 aliphatic carbocycles. The lowest BCUT2D eigenvalue weighted by molar-refractivity contribution is 0.375. The first-order chi connectivity index (χ1) is 8.83. The third-order valence-electron chi connectivity index (χ3n) is 2.73. The van der Waals surface area contributed by atoms with E-state index in [9.17, 15) is 4.39 Å². The van der Waals surface area contributed by atoms with Gasteiger partial charge in [0.2, 0.25) is 0 Å². The maximum absolute atomic E-state index is 13.7. The van der Waals surface area contributed by atoms with Crippen molar-refractivity contribution in [2.45, 2.75) is 32.4 Å². The molecule has 0 saturated carbocycles. The minimum Gasteiger partial charge on any atom is -0.333 e. The van der Waals surface area contributed by atoms with Crippen molar-refractivity contribution in [2.24, 2.45) is 10.4 Å². The molecular formula is C14H18BrFN2S. The van der Waals surface area contributed by atoms with Crippen LogP contribution in [-0.2, 0) is 0 Å². The van der Waals surface area contributed by atoms with E-state index in [1.807, 2.05) is 6.07 Å². The van der Waals surface area contributed by atoms with Crippen molar-refractivity contribution in [1.29, 1.82) is 0 Å². The van der Waals surface area contributed by atoms with Gasteiger partial charge in [-0.25, -0.2) is 4.39 Å². The van der Waals surface area contributed by atoms with Crippen molar-refractivity contribution in [1.82, 2.24) is 0 Å². The normalized spacial score (nSPS) is 19.4. The van der Waals surface area contributed by atoms with Crippen LogP contribution >= 0.6 is 27.7 Å². The SMILES string of the molecule is CC(C)(C)CC1CN=C(Nc2ccc(Br)cc2F)S1. The van der Waals surface area contributed by atoms with Gasteiger partial charge in [0.1, 0.15) is 5.82 Å². The minimum atomic E-state index is -0.267. The van der Waals surface area contributed by atoms with Gasteiger partial charge in [0, 0.05) is 9.72 Å². The van der Waals surface area contributed by atoms with Gasteiger partial charge in [-0.3, -0.25) is 4.99 Å². The van der Waals surface area contributed by atoms with Crippen LogP contribution in [0.1, 0.15) is 27.2 Å². The predicted octanol–water partition coefficient (Wildman–Crippen LogP) is 4.91. The summed E-state index contributed by atoms with van der Waals surface area (Å²) in [5.41, 5.74) is 0.775. The van der Waals surface area contributed by atoms with E-state index in [0.29, 0.717) is 16.4 Å². The maximum atomic E-state index is 13.7. The Balaban J connectivity index is 1.95. The van der Waals surface area contributed by atoms with Gasteiger partial charge in [0.15, 0.2) is 5.17 Å². The van der Waals surface area contributed by atoms with Crippen molar-refractivity contribution in [3.63, 3.8) is 0 Å². The van der Waals surface area contributed by atoms with Gasteiger partial charge < -0.3 is 5.32 Å². The third-order valence-corrected chi connectivity index (χ3v) is 4.33. The number of hydrogen-bond donors (Lipinski definition) is 1. The van der Waals surface area contributed by atoms with E-state index in [0.717, 1.165) is 22.6 Å². The highest BCUT2D eigenvalue weighted by molar-refractivity contribution is 9.10. The first-order valence-electron chi connectivity index (χ1n) is 6.27. The molecule has 0 spiro atoms. The number of halogens is 2. The summed E-state index contributed by atoms with van der Waals surface area (Å²) >= 11 is 4.95. The highest BCUT2D eigenvalue weighted by Gasteiger charge is 2.25. The Hall–Kier alpha value is -0.550. The van der Waals surface area contributed by atoms with E-state index in [-0.39, 0.29) is 5.82 Å². The Bertz CT molecular complexity index is 497. The monoisotopic (exact) mass is 344 g/mol. The summed E-state index contributed by atoms with van der Waals surface area (Å²) in [7, 11) is 0. The number of aliphatic imine (C=N–C) groups is 1. The molecule has 0 amide bonds. The number of benzene rings is 1. The van der Waals surface area contributed by atoms with E-state index in [1.165, 1.54) is 6.07 Å². The first-order valence-corrected chi connectivity index (χ1v) is 7.94. The third kappa shape index (κ3) is 4.49. The van der Waals surface area contributed by atoms with Gasteiger partial charge in [-0.2, -0.15) is 0 Å². The van der Waals surface area contributed by atoms with Crippen molar-refractivity contribution >= 4 is 38.5 Å². The first kappa shape index (κ1) is 14.9. The lowest BCUT2D eigenvalue weighted by atomic mass is 9.90. The summed E-state index contributed by atoms with van der Waals surface area (Å²) in [4.78, 5) is 4.45. The van der Waals surface area contributed by atoms with Crippen molar-refractivity contribution in [2.75, 3.05) is 11.9 Å². The van der Waals surface area contributed by atoms with Gasteiger partial charge in [0.05, 0.1) is 12.2 Å². The van der Waals surface area contributed by atoms with Crippen LogP contribution in [0.5, 0.6) is 0 Å². The van der Waals surface area contributed by atoms with Gasteiger partial charge in [-0.1, -0.05) is 48.5 Å². The highest BCUT2D eigenvalue weighted by Crippen LogP contribution is 2.32. The minimum absolute atomic E-state index is 0.267. The number of thioether (sulfide) groups is 1. The van der Waals surface area contributed by atoms with Gasteiger partial charge in [-0.15, -0.1) is 0 Å². The van der Waals surface area contributed by atoms with Crippen molar-refractivity contribution < 1.29 is 4.39 Å². The molecule has 0 radical (unpaired) electrons. The standard InChI is InChI=1S/C14H18BrFN2S/c1-14(2,3)7-10-8-17-13(19-10)18-12-5-4-9(15)6-11(12)16/h4-6,10H,7-8H2,1-3H3,(H,17,18). The van der Waals surface area contributed by atoms with Crippen LogP contribution in [0.2, 0.25) is 0 Å². The molecule has 0 saturated heterocycles. The van der Waals surface area contributed by atoms with Gasteiger partial charge in [-0.05, 0) is 30.0 Å². The number of nitrogens with zero attached hydrogens (tertiary/aromatic N) is 1. The quantitative estimate of drug-likeness (QED) is 0.824. The molecule has 1 aliphatic heterocycles. The summed E-state index contributed by atoms with van der Waals surface area (Å²) in [5.74, 6) is -0.267. The van der Waals surface area contributed by atoms with E-state index < -0.39 is 0 Å². The Morgan fingerprint density at radius 2 is 2.21 bits per heavy atom. The Labute approximate surface area is 126 Å². The number of anilines is 1. The lowest BCUT2D eigenvalue weighted by Gasteiger charge is -2.21. The summed E-state index contributed by atoms with van der Waals surface area (Å²) in [6.45, 7) is 7.50. The highest BCUT2D eigenvalue weighted by atomic mass is 79.9. The van der Waals surface area contributed by atoms with Crippen LogP contribution in [0.4, 0.5) is 10.1 Å². The zero-order valence-electron chi connectivity index (χ0n) is 11.3. The predicted molar refractivity (Wildman–Crippen MR) is 85.5 cm³/mol. The molecule has 0 fully saturated rings. The second kappa shape index (κ2) is 5.83. The number of amidine groups is 1. The second-order valence-corrected chi connectivity index (χ2v) is 8.10. The van der Waals surface area contributed by atoms with E-state index >= 15 is 0 Å². The molecule has 0 bridgehead atoms. The largest absolute Gasteiger partial charge is 0.333 e. The van der Waals surface area contributed by atoms with Gasteiger partial charge >= 0.3 is 0 Å².